The van der Waals surface area contributed by atoms with Crippen LogP contribution in [-0.4, -0.2) is 36.8 Å². The molecule has 10 heteroatoms. The predicted molar refractivity (Wildman–Crippen MR) is 94.5 cm³/mol. The molecule has 1 rings (SSSR count). The molecule has 0 fully saturated rings. The molecule has 0 radical (unpaired) electrons. The molecule has 0 saturated heterocycles. The van der Waals surface area contributed by atoms with Gasteiger partial charge in [-0.05, 0) is 38.3 Å². The van der Waals surface area contributed by atoms with Crippen molar-refractivity contribution in [3.05, 3.63) is 30.3 Å². The number of para-hydroxylation sites is 1. The van der Waals surface area contributed by atoms with Crippen molar-refractivity contribution in [2.75, 3.05) is 0 Å². The van der Waals surface area contributed by atoms with Gasteiger partial charge in [-0.15, -0.1) is 0 Å². The van der Waals surface area contributed by atoms with Crippen LogP contribution in [0.15, 0.2) is 30.3 Å². The first kappa shape index (κ1) is 22.8. The highest BCUT2D eigenvalue weighted by Crippen LogP contribution is 2.51. The van der Waals surface area contributed by atoms with Gasteiger partial charge in [0.15, 0.2) is 9.49 Å². The Kier molecular flexibility index (Phi) is 6.48. The highest BCUT2D eigenvalue weighted by molar-refractivity contribution is 7.89. The van der Waals surface area contributed by atoms with Crippen LogP contribution < -0.4 is 4.18 Å². The van der Waals surface area contributed by atoms with Gasteiger partial charge in [0.1, 0.15) is 5.75 Å². The van der Waals surface area contributed by atoms with Gasteiger partial charge in [-0.25, -0.2) is 8.78 Å². The van der Waals surface area contributed by atoms with E-state index in [0.29, 0.717) is 0 Å². The Morgan fingerprint density at radius 2 is 1.42 bits per heavy atom. The standard InChI is InChI=1S/C16H24F2O6S2/c1-5-14(4,26(22,23)24-13-11-9-8-10-12-13)16(17,18)15(6-2,7-3)25(19,20)21/h8-12H,5-7H2,1-4H3,(H,19,20,21). The summed E-state index contributed by atoms with van der Waals surface area (Å²) in [4.78, 5) is 0. The van der Waals surface area contributed by atoms with E-state index in [-0.39, 0.29) is 5.75 Å². The van der Waals surface area contributed by atoms with Gasteiger partial charge in [-0.1, -0.05) is 39.0 Å². The van der Waals surface area contributed by atoms with Crippen LogP contribution in [0, 0.1) is 0 Å². The minimum Gasteiger partial charge on any atom is -0.382 e. The fraction of sp³-hybridized carbons (Fsp3) is 0.625. The fourth-order valence-electron chi connectivity index (χ4n) is 2.95. The van der Waals surface area contributed by atoms with E-state index in [1.54, 1.807) is 6.07 Å². The zero-order valence-electron chi connectivity index (χ0n) is 15.1. The maximum atomic E-state index is 15.5. The molecule has 0 aromatic heterocycles. The van der Waals surface area contributed by atoms with E-state index in [9.17, 15) is 21.4 Å². The Morgan fingerprint density at radius 1 is 0.962 bits per heavy atom. The lowest BCUT2D eigenvalue weighted by molar-refractivity contribution is -0.0843. The molecule has 150 valence electrons. The molecule has 0 aliphatic heterocycles. The van der Waals surface area contributed by atoms with Crippen molar-refractivity contribution in [1.29, 1.82) is 0 Å². The van der Waals surface area contributed by atoms with Gasteiger partial charge >= 0.3 is 10.1 Å². The van der Waals surface area contributed by atoms with Crippen molar-refractivity contribution in [3.63, 3.8) is 0 Å². The van der Waals surface area contributed by atoms with Crippen LogP contribution in [0.3, 0.4) is 0 Å². The maximum Gasteiger partial charge on any atom is 0.320 e. The molecule has 1 unspecified atom stereocenters. The van der Waals surface area contributed by atoms with Crippen LogP contribution in [0.2, 0.25) is 0 Å². The van der Waals surface area contributed by atoms with Crippen molar-refractivity contribution < 1.29 is 34.4 Å². The summed E-state index contributed by atoms with van der Waals surface area (Å²) in [5, 5.41) is 0. The Hall–Kier alpha value is -1.26. The molecule has 1 N–H and O–H groups in total. The van der Waals surface area contributed by atoms with Gasteiger partial charge < -0.3 is 4.18 Å². The lowest BCUT2D eigenvalue weighted by atomic mass is 9.84. The first-order chi connectivity index (χ1) is 11.8. The summed E-state index contributed by atoms with van der Waals surface area (Å²) in [6.07, 6.45) is -1.98. The second-order valence-electron chi connectivity index (χ2n) is 6.19. The molecule has 6 nitrogen and oxygen atoms in total. The van der Waals surface area contributed by atoms with Gasteiger partial charge in [0.05, 0.1) is 0 Å². The number of benzene rings is 1. The molecule has 0 aliphatic carbocycles. The van der Waals surface area contributed by atoms with Crippen LogP contribution in [0.25, 0.3) is 0 Å². The summed E-state index contributed by atoms with van der Waals surface area (Å²) in [7, 11) is -10.3. The van der Waals surface area contributed by atoms with E-state index in [4.69, 9.17) is 4.18 Å². The molecule has 0 heterocycles. The van der Waals surface area contributed by atoms with Crippen molar-refractivity contribution in [1.82, 2.24) is 0 Å². The molecule has 0 aliphatic rings. The molecular formula is C16H24F2O6S2. The third kappa shape index (κ3) is 3.34. The maximum absolute atomic E-state index is 15.5. The molecule has 0 bridgehead atoms. The highest BCUT2D eigenvalue weighted by atomic mass is 32.2. The molecule has 26 heavy (non-hydrogen) atoms. The number of halogens is 2. The van der Waals surface area contributed by atoms with Crippen LogP contribution in [0.1, 0.15) is 47.0 Å². The summed E-state index contributed by atoms with van der Waals surface area (Å²) in [6.45, 7) is 4.24. The van der Waals surface area contributed by atoms with E-state index < -0.39 is 54.9 Å². The Balaban J connectivity index is 3.63. The van der Waals surface area contributed by atoms with Gasteiger partial charge in [0.25, 0.3) is 16.0 Å². The number of hydrogen-bond donors (Lipinski definition) is 1. The van der Waals surface area contributed by atoms with Gasteiger partial charge in [0, 0.05) is 0 Å². The third-order valence-corrected chi connectivity index (χ3v) is 8.93. The predicted octanol–water partition coefficient (Wildman–Crippen LogP) is 3.65. The number of alkyl halides is 2. The number of hydrogen-bond acceptors (Lipinski definition) is 5. The summed E-state index contributed by atoms with van der Waals surface area (Å²) < 4.78 is 88.7. The van der Waals surface area contributed by atoms with Gasteiger partial charge in [-0.3, -0.25) is 4.55 Å². The van der Waals surface area contributed by atoms with Crippen molar-refractivity contribution >= 4 is 20.2 Å². The Labute approximate surface area is 153 Å². The average Bonchev–Trinajstić information content (AvgIpc) is 2.54. The summed E-state index contributed by atoms with van der Waals surface area (Å²) >= 11 is 0. The normalized spacial score (nSPS) is 16.1. The largest absolute Gasteiger partial charge is 0.382 e. The van der Waals surface area contributed by atoms with Crippen LogP contribution >= 0.6 is 0 Å². The number of rotatable bonds is 9. The zero-order chi connectivity index (χ0) is 20.4. The minimum atomic E-state index is -5.28. The third-order valence-electron chi connectivity index (χ3n) is 5.05. The SMILES string of the molecule is CCC(CC)(C(F)(F)C(C)(CC)S(=O)(=O)Oc1ccccc1)S(=O)(=O)O. The van der Waals surface area contributed by atoms with Crippen molar-refractivity contribution in [2.45, 2.75) is 62.4 Å². The fourth-order valence-corrected chi connectivity index (χ4v) is 5.71. The first-order valence-electron chi connectivity index (χ1n) is 8.10. The van der Waals surface area contributed by atoms with Crippen LogP contribution in [0.4, 0.5) is 8.78 Å². The van der Waals surface area contributed by atoms with E-state index >= 15 is 8.78 Å². The van der Waals surface area contributed by atoms with Gasteiger partial charge in [0.2, 0.25) is 0 Å². The zero-order valence-corrected chi connectivity index (χ0v) is 16.7. The van der Waals surface area contributed by atoms with Crippen molar-refractivity contribution in [3.8, 4) is 5.75 Å². The second-order valence-corrected chi connectivity index (χ2v) is 9.89. The summed E-state index contributed by atoms with van der Waals surface area (Å²) in [6, 6.07) is 7.08. The molecular weight excluding hydrogens is 390 g/mol. The molecule has 1 aromatic carbocycles. The van der Waals surface area contributed by atoms with Crippen LogP contribution in [0.5, 0.6) is 5.75 Å². The van der Waals surface area contributed by atoms with Crippen LogP contribution in [-0.2, 0) is 20.2 Å². The topological polar surface area (TPSA) is 97.7 Å². The summed E-state index contributed by atoms with van der Waals surface area (Å²) in [5.74, 6) is -4.51. The molecule has 0 saturated carbocycles. The Morgan fingerprint density at radius 3 is 1.77 bits per heavy atom. The molecule has 1 aromatic rings. The first-order valence-corrected chi connectivity index (χ1v) is 10.9. The lowest BCUT2D eigenvalue weighted by Crippen LogP contribution is -2.66. The molecule has 0 spiro atoms. The smallest absolute Gasteiger partial charge is 0.320 e. The van der Waals surface area contributed by atoms with E-state index in [1.165, 1.54) is 31.2 Å². The minimum absolute atomic E-state index is 0.173. The van der Waals surface area contributed by atoms with E-state index in [0.717, 1.165) is 20.8 Å². The van der Waals surface area contributed by atoms with Gasteiger partial charge in [-0.2, -0.15) is 16.8 Å². The van der Waals surface area contributed by atoms with E-state index in [1.807, 2.05) is 0 Å². The summed E-state index contributed by atoms with van der Waals surface area (Å²) in [5.41, 5.74) is 0. The lowest BCUT2D eigenvalue weighted by Gasteiger charge is -2.45. The molecule has 1 atom stereocenters. The van der Waals surface area contributed by atoms with E-state index in [2.05, 4.69) is 0 Å². The van der Waals surface area contributed by atoms with Crippen molar-refractivity contribution in [2.24, 2.45) is 0 Å². The molecule has 0 amide bonds. The second kappa shape index (κ2) is 7.40. The average molecular weight is 414 g/mol. The highest BCUT2D eigenvalue weighted by Gasteiger charge is 2.72. The monoisotopic (exact) mass is 414 g/mol. The Bertz CT molecular complexity index is 818. The quantitative estimate of drug-likeness (QED) is 0.489.